The van der Waals surface area contributed by atoms with E-state index in [1.807, 2.05) is 43.0 Å². The Kier molecular flexibility index (Phi) is 6.27. The molecule has 3 aromatic rings. The van der Waals surface area contributed by atoms with Crippen molar-refractivity contribution in [1.29, 1.82) is 0 Å². The Morgan fingerprint density at radius 1 is 1.23 bits per heavy atom. The van der Waals surface area contributed by atoms with Crippen molar-refractivity contribution in [2.24, 2.45) is 5.41 Å². The number of pyridine rings is 1. The Bertz CT molecular complexity index is 1050. The minimum Gasteiger partial charge on any atom is -0.351 e. The molecular formula is C24H33N5O. The molecule has 0 spiro atoms. The number of nitrogens with one attached hydrogen (secondary N) is 1. The number of fused-ring (bicyclic) bond motifs is 1. The van der Waals surface area contributed by atoms with Crippen molar-refractivity contribution < 1.29 is 4.79 Å². The van der Waals surface area contributed by atoms with E-state index in [9.17, 15) is 4.79 Å². The molecule has 0 bridgehead atoms. The molecule has 2 aromatic heterocycles. The lowest BCUT2D eigenvalue weighted by Crippen LogP contribution is -2.40. The van der Waals surface area contributed by atoms with E-state index < -0.39 is 0 Å². The first-order chi connectivity index (χ1) is 14.1. The van der Waals surface area contributed by atoms with Gasteiger partial charge in [0.05, 0.1) is 22.8 Å². The molecule has 30 heavy (non-hydrogen) atoms. The van der Waals surface area contributed by atoms with E-state index in [2.05, 4.69) is 56.0 Å². The summed E-state index contributed by atoms with van der Waals surface area (Å²) in [6.45, 7) is 12.0. The van der Waals surface area contributed by atoms with Crippen LogP contribution >= 0.6 is 0 Å². The van der Waals surface area contributed by atoms with Crippen LogP contribution in [0.1, 0.15) is 49.7 Å². The van der Waals surface area contributed by atoms with Crippen LogP contribution in [0.3, 0.4) is 0 Å². The highest BCUT2D eigenvalue weighted by Gasteiger charge is 2.23. The van der Waals surface area contributed by atoms with Crippen molar-refractivity contribution in [3.05, 3.63) is 47.7 Å². The molecule has 1 amide bonds. The third kappa shape index (κ3) is 4.70. The molecule has 0 atom stereocenters. The summed E-state index contributed by atoms with van der Waals surface area (Å²) in [4.78, 5) is 20.3. The molecule has 160 valence electrons. The van der Waals surface area contributed by atoms with Crippen molar-refractivity contribution >= 4 is 16.9 Å². The predicted octanol–water partition coefficient (Wildman–Crippen LogP) is 4.31. The summed E-state index contributed by atoms with van der Waals surface area (Å²) in [5, 5.41) is 8.43. The Balaban J connectivity index is 2.05. The number of nitrogens with zero attached hydrogens (tertiary/aromatic N) is 4. The molecule has 6 nitrogen and oxygen atoms in total. The number of benzene rings is 1. The van der Waals surface area contributed by atoms with Gasteiger partial charge in [0.25, 0.3) is 5.91 Å². The number of hydrogen-bond acceptors (Lipinski definition) is 4. The highest BCUT2D eigenvalue weighted by molar-refractivity contribution is 6.06. The second kappa shape index (κ2) is 8.56. The molecule has 3 rings (SSSR count). The van der Waals surface area contributed by atoms with Gasteiger partial charge in [-0.3, -0.25) is 4.79 Å². The van der Waals surface area contributed by atoms with Crippen LogP contribution < -0.4 is 5.32 Å². The molecule has 0 aliphatic carbocycles. The maximum atomic E-state index is 13.2. The minimum atomic E-state index is -0.0904. The summed E-state index contributed by atoms with van der Waals surface area (Å²) < 4.78 is 1.88. The summed E-state index contributed by atoms with van der Waals surface area (Å²) in [6, 6.07) is 10.2. The van der Waals surface area contributed by atoms with Crippen molar-refractivity contribution in [3.8, 4) is 11.3 Å². The quantitative estimate of drug-likeness (QED) is 0.634. The van der Waals surface area contributed by atoms with E-state index in [-0.39, 0.29) is 17.4 Å². The monoisotopic (exact) mass is 407 g/mol. The average Bonchev–Trinajstić information content (AvgIpc) is 3.09. The van der Waals surface area contributed by atoms with E-state index in [4.69, 9.17) is 4.98 Å². The number of rotatable bonds is 7. The number of carbonyl (C=O) groups is 1. The van der Waals surface area contributed by atoms with Crippen molar-refractivity contribution in [1.82, 2.24) is 25.0 Å². The number of aromatic nitrogens is 3. The van der Waals surface area contributed by atoms with Crippen LogP contribution in [0.15, 0.2) is 36.5 Å². The molecule has 0 saturated carbocycles. The zero-order valence-electron chi connectivity index (χ0n) is 19.2. The van der Waals surface area contributed by atoms with Gasteiger partial charge in [-0.05, 0) is 51.9 Å². The summed E-state index contributed by atoms with van der Waals surface area (Å²) in [5.74, 6) is -0.0904. The van der Waals surface area contributed by atoms with Crippen LogP contribution in [0.4, 0.5) is 0 Å². The van der Waals surface area contributed by atoms with Gasteiger partial charge in [0.2, 0.25) is 0 Å². The molecule has 0 radical (unpaired) electrons. The van der Waals surface area contributed by atoms with Gasteiger partial charge in [-0.15, -0.1) is 0 Å². The summed E-state index contributed by atoms with van der Waals surface area (Å²) >= 11 is 0. The third-order valence-electron chi connectivity index (χ3n) is 5.19. The van der Waals surface area contributed by atoms with E-state index in [1.165, 1.54) is 0 Å². The van der Waals surface area contributed by atoms with Crippen molar-refractivity contribution in [2.75, 3.05) is 27.2 Å². The van der Waals surface area contributed by atoms with Crippen LogP contribution in [-0.4, -0.2) is 52.8 Å². The van der Waals surface area contributed by atoms with Gasteiger partial charge in [0.1, 0.15) is 0 Å². The summed E-state index contributed by atoms with van der Waals surface area (Å²) in [5.41, 5.74) is 4.26. The Hall–Kier alpha value is -2.73. The second-order valence-electron chi connectivity index (χ2n) is 9.37. The number of amides is 1. The Labute approximate surface area is 179 Å². The van der Waals surface area contributed by atoms with Gasteiger partial charge in [-0.1, -0.05) is 38.1 Å². The molecule has 1 aromatic carbocycles. The van der Waals surface area contributed by atoms with Crippen LogP contribution in [-0.2, 0) is 0 Å². The van der Waals surface area contributed by atoms with E-state index >= 15 is 0 Å². The lowest BCUT2D eigenvalue weighted by molar-refractivity contribution is 0.0931. The highest BCUT2D eigenvalue weighted by Crippen LogP contribution is 2.28. The smallest absolute Gasteiger partial charge is 0.252 e. The van der Waals surface area contributed by atoms with E-state index in [0.717, 1.165) is 34.4 Å². The zero-order valence-corrected chi connectivity index (χ0v) is 19.2. The Morgan fingerprint density at radius 2 is 1.93 bits per heavy atom. The molecular weight excluding hydrogens is 374 g/mol. The molecule has 0 fully saturated rings. The normalized spacial score (nSPS) is 12.2. The summed E-state index contributed by atoms with van der Waals surface area (Å²) in [6.07, 6.45) is 1.75. The largest absolute Gasteiger partial charge is 0.351 e. The van der Waals surface area contributed by atoms with Gasteiger partial charge < -0.3 is 10.2 Å². The number of carbonyl (C=O) groups excluding carboxylic acids is 1. The van der Waals surface area contributed by atoms with Gasteiger partial charge in [-0.25, -0.2) is 9.67 Å². The fourth-order valence-electron chi connectivity index (χ4n) is 3.91. The fourth-order valence-corrected chi connectivity index (χ4v) is 3.91. The molecule has 2 heterocycles. The van der Waals surface area contributed by atoms with Gasteiger partial charge in [0.15, 0.2) is 5.65 Å². The molecule has 0 saturated heterocycles. The van der Waals surface area contributed by atoms with Crippen LogP contribution in [0.2, 0.25) is 0 Å². The van der Waals surface area contributed by atoms with Gasteiger partial charge in [-0.2, -0.15) is 5.10 Å². The Morgan fingerprint density at radius 3 is 2.57 bits per heavy atom. The average molecular weight is 408 g/mol. The fraction of sp³-hybridized carbons (Fsp3) is 0.458. The predicted molar refractivity (Wildman–Crippen MR) is 123 cm³/mol. The van der Waals surface area contributed by atoms with E-state index in [0.29, 0.717) is 12.1 Å². The second-order valence-corrected chi connectivity index (χ2v) is 9.37. The first kappa shape index (κ1) is 22.0. The number of hydrogen-bond donors (Lipinski definition) is 1. The zero-order chi connectivity index (χ0) is 22.1. The standard InChI is InChI=1S/C24H33N5O/c1-16(2)29-22-20(13-26-29)19(23(30)25-14-24(4,5)15-28(6)7)12-21(27-22)18-11-9-8-10-17(18)3/h8-13,16H,14-15H2,1-7H3,(H,25,30). The molecule has 0 aliphatic rings. The lowest BCUT2D eigenvalue weighted by Gasteiger charge is -2.28. The van der Waals surface area contributed by atoms with Crippen molar-refractivity contribution in [3.63, 3.8) is 0 Å². The van der Waals surface area contributed by atoms with Crippen LogP contribution in [0, 0.1) is 12.3 Å². The highest BCUT2D eigenvalue weighted by atomic mass is 16.1. The van der Waals surface area contributed by atoms with Crippen LogP contribution in [0.5, 0.6) is 0 Å². The lowest BCUT2D eigenvalue weighted by atomic mass is 9.92. The first-order valence-corrected chi connectivity index (χ1v) is 10.5. The first-order valence-electron chi connectivity index (χ1n) is 10.5. The van der Waals surface area contributed by atoms with Gasteiger partial charge >= 0.3 is 0 Å². The van der Waals surface area contributed by atoms with E-state index in [1.54, 1.807) is 6.20 Å². The van der Waals surface area contributed by atoms with Crippen LogP contribution in [0.25, 0.3) is 22.3 Å². The topological polar surface area (TPSA) is 63.1 Å². The molecule has 6 heteroatoms. The maximum absolute atomic E-state index is 13.2. The third-order valence-corrected chi connectivity index (χ3v) is 5.19. The molecule has 1 N–H and O–H groups in total. The van der Waals surface area contributed by atoms with Crippen molar-refractivity contribution in [2.45, 2.75) is 40.7 Å². The maximum Gasteiger partial charge on any atom is 0.252 e. The molecule has 0 aliphatic heterocycles. The summed E-state index contributed by atoms with van der Waals surface area (Å²) in [7, 11) is 4.09. The number of aryl methyl sites for hydroxylation is 1. The minimum absolute atomic E-state index is 0.0354. The molecule has 0 unspecified atom stereocenters. The SMILES string of the molecule is Cc1ccccc1-c1cc(C(=O)NCC(C)(C)CN(C)C)c2cnn(C(C)C)c2n1. The van der Waals surface area contributed by atoms with Gasteiger partial charge in [0, 0.05) is 24.7 Å².